The Labute approximate surface area is 125 Å². The van der Waals surface area contributed by atoms with E-state index in [4.69, 9.17) is 5.73 Å². The highest BCUT2D eigenvalue weighted by atomic mass is 79.9. The highest BCUT2D eigenvalue weighted by molar-refractivity contribution is 9.10. The van der Waals surface area contributed by atoms with Crippen LogP contribution in [-0.2, 0) is 4.79 Å². The van der Waals surface area contributed by atoms with Gasteiger partial charge in [-0.2, -0.15) is 0 Å². The minimum atomic E-state index is -0.597. The number of hydrogen-bond donors (Lipinski definition) is 2. The predicted octanol–water partition coefficient (Wildman–Crippen LogP) is 1.77. The van der Waals surface area contributed by atoms with Gasteiger partial charge in [-0.3, -0.25) is 9.59 Å². The van der Waals surface area contributed by atoms with Crippen LogP contribution in [0.25, 0.3) is 0 Å². The fourth-order valence-corrected chi connectivity index (χ4v) is 2.14. The number of benzene rings is 1. The summed E-state index contributed by atoms with van der Waals surface area (Å²) in [5, 5.41) is 2.62. The minimum absolute atomic E-state index is 0.0487. The van der Waals surface area contributed by atoms with Crippen molar-refractivity contribution >= 4 is 33.4 Å². The van der Waals surface area contributed by atoms with Crippen LogP contribution in [0.5, 0.6) is 0 Å². The molecule has 20 heavy (non-hydrogen) atoms. The van der Waals surface area contributed by atoms with Gasteiger partial charge in [0.15, 0.2) is 0 Å². The Morgan fingerprint density at radius 3 is 2.60 bits per heavy atom. The molecule has 0 radical (unpaired) electrons. The Morgan fingerprint density at radius 1 is 1.40 bits per heavy atom. The second-order valence-electron chi connectivity index (χ2n) is 4.13. The fourth-order valence-electron chi connectivity index (χ4n) is 1.65. The number of carbonyl (C=O) groups is 2. The number of hydrogen-bond acceptors (Lipinski definition) is 3. The third-order valence-electron chi connectivity index (χ3n) is 2.69. The molecule has 0 saturated heterocycles. The molecule has 5 nitrogen and oxygen atoms in total. The van der Waals surface area contributed by atoms with E-state index in [0.29, 0.717) is 17.6 Å². The maximum atomic E-state index is 13.3. The van der Waals surface area contributed by atoms with Crippen LogP contribution in [0.4, 0.5) is 10.1 Å². The van der Waals surface area contributed by atoms with Gasteiger partial charge in [-0.15, -0.1) is 0 Å². The first kappa shape index (κ1) is 16.4. The van der Waals surface area contributed by atoms with Crippen LogP contribution in [0.1, 0.15) is 24.2 Å². The van der Waals surface area contributed by atoms with Crippen molar-refractivity contribution < 1.29 is 14.0 Å². The summed E-state index contributed by atoms with van der Waals surface area (Å²) >= 11 is 3.13. The maximum Gasteiger partial charge on any atom is 0.255 e. The zero-order valence-electron chi connectivity index (χ0n) is 11.4. The monoisotopic (exact) mass is 345 g/mol. The molecule has 0 bridgehead atoms. The first-order chi connectivity index (χ1) is 9.40. The fraction of sp³-hybridized carbons (Fsp3) is 0.385. The SMILES string of the molecule is CCNC(=O)CN(CC)C(=O)c1cc(N)c(F)cc1Br. The van der Waals surface area contributed by atoms with E-state index >= 15 is 0 Å². The summed E-state index contributed by atoms with van der Waals surface area (Å²) in [5.74, 6) is -1.22. The van der Waals surface area contributed by atoms with Gasteiger partial charge in [0.1, 0.15) is 5.82 Å². The molecule has 0 heterocycles. The Morgan fingerprint density at radius 2 is 2.05 bits per heavy atom. The third kappa shape index (κ3) is 3.93. The molecule has 1 aromatic rings. The summed E-state index contributed by atoms with van der Waals surface area (Å²) in [5.41, 5.74) is 5.60. The van der Waals surface area contributed by atoms with E-state index in [0.717, 1.165) is 6.07 Å². The van der Waals surface area contributed by atoms with Crippen molar-refractivity contribution in [3.63, 3.8) is 0 Å². The summed E-state index contributed by atoms with van der Waals surface area (Å²) < 4.78 is 13.6. The molecule has 0 saturated carbocycles. The van der Waals surface area contributed by atoms with Crippen LogP contribution in [0.3, 0.4) is 0 Å². The molecule has 0 unspecified atom stereocenters. The molecule has 2 amide bonds. The number of anilines is 1. The summed E-state index contributed by atoms with van der Waals surface area (Å²) in [6, 6.07) is 2.41. The van der Waals surface area contributed by atoms with E-state index in [1.165, 1.54) is 11.0 Å². The minimum Gasteiger partial charge on any atom is -0.396 e. The number of nitrogens with zero attached hydrogens (tertiary/aromatic N) is 1. The van der Waals surface area contributed by atoms with Gasteiger partial charge in [0.2, 0.25) is 5.91 Å². The van der Waals surface area contributed by atoms with Crippen molar-refractivity contribution in [3.8, 4) is 0 Å². The van der Waals surface area contributed by atoms with E-state index in [9.17, 15) is 14.0 Å². The largest absolute Gasteiger partial charge is 0.396 e. The lowest BCUT2D eigenvalue weighted by Crippen LogP contribution is -2.40. The van der Waals surface area contributed by atoms with Crippen LogP contribution < -0.4 is 11.1 Å². The number of halogens is 2. The smallest absolute Gasteiger partial charge is 0.255 e. The Hall–Kier alpha value is -1.63. The highest BCUT2D eigenvalue weighted by Crippen LogP contribution is 2.24. The van der Waals surface area contributed by atoms with Crippen molar-refractivity contribution in [2.24, 2.45) is 0 Å². The molecule has 0 aliphatic heterocycles. The predicted molar refractivity (Wildman–Crippen MR) is 78.8 cm³/mol. The molecule has 0 aromatic heterocycles. The number of rotatable bonds is 5. The number of nitrogens with one attached hydrogen (secondary N) is 1. The molecule has 110 valence electrons. The van der Waals surface area contributed by atoms with Gasteiger partial charge in [0.25, 0.3) is 5.91 Å². The maximum absolute atomic E-state index is 13.3. The van der Waals surface area contributed by atoms with Crippen molar-refractivity contribution in [1.29, 1.82) is 0 Å². The van der Waals surface area contributed by atoms with Crippen molar-refractivity contribution in [3.05, 3.63) is 28.0 Å². The quantitative estimate of drug-likeness (QED) is 0.798. The van der Waals surface area contributed by atoms with Gasteiger partial charge in [0.05, 0.1) is 17.8 Å². The first-order valence-electron chi connectivity index (χ1n) is 6.21. The van der Waals surface area contributed by atoms with E-state index in [1.54, 1.807) is 13.8 Å². The topological polar surface area (TPSA) is 75.4 Å². The van der Waals surface area contributed by atoms with Crippen LogP contribution in [0, 0.1) is 5.82 Å². The van der Waals surface area contributed by atoms with E-state index in [2.05, 4.69) is 21.2 Å². The zero-order chi connectivity index (χ0) is 15.3. The Kier molecular flexibility index (Phi) is 5.94. The van der Waals surface area contributed by atoms with E-state index < -0.39 is 5.82 Å². The van der Waals surface area contributed by atoms with Crippen molar-refractivity contribution in [1.82, 2.24) is 10.2 Å². The Bertz CT molecular complexity index is 523. The third-order valence-corrected chi connectivity index (χ3v) is 3.35. The summed E-state index contributed by atoms with van der Waals surface area (Å²) in [6.07, 6.45) is 0. The Balaban J connectivity index is 2.97. The number of nitrogen functional groups attached to an aromatic ring is 1. The number of carbonyl (C=O) groups excluding carboxylic acids is 2. The first-order valence-corrected chi connectivity index (χ1v) is 7.00. The van der Waals surface area contributed by atoms with E-state index in [1.807, 2.05) is 0 Å². The van der Waals surface area contributed by atoms with Crippen LogP contribution in [0.2, 0.25) is 0 Å². The lowest BCUT2D eigenvalue weighted by molar-refractivity contribution is -0.121. The molecule has 0 aliphatic carbocycles. The number of nitrogens with two attached hydrogens (primary N) is 1. The van der Waals surface area contributed by atoms with Gasteiger partial charge in [0, 0.05) is 17.6 Å². The van der Waals surface area contributed by atoms with Crippen LogP contribution >= 0.6 is 15.9 Å². The number of likely N-dealkylation sites (N-methyl/N-ethyl adjacent to an activating group) is 2. The van der Waals surface area contributed by atoms with E-state index in [-0.39, 0.29) is 29.6 Å². The van der Waals surface area contributed by atoms with Gasteiger partial charge in [-0.05, 0) is 41.9 Å². The molecular formula is C13H17BrFN3O2. The standard InChI is InChI=1S/C13H17BrFN3O2/c1-3-17-12(19)7-18(4-2)13(20)8-5-11(16)10(15)6-9(8)14/h5-6H,3-4,7,16H2,1-2H3,(H,17,19). The average Bonchev–Trinajstić information content (AvgIpc) is 2.39. The van der Waals surface area contributed by atoms with Crippen molar-refractivity contribution in [2.45, 2.75) is 13.8 Å². The molecule has 1 rings (SSSR count). The zero-order valence-corrected chi connectivity index (χ0v) is 13.0. The summed E-state index contributed by atoms with van der Waals surface area (Å²) in [4.78, 5) is 25.3. The molecule has 3 N–H and O–H groups in total. The highest BCUT2D eigenvalue weighted by Gasteiger charge is 2.20. The van der Waals surface area contributed by atoms with Gasteiger partial charge < -0.3 is 16.0 Å². The van der Waals surface area contributed by atoms with Crippen LogP contribution in [-0.4, -0.2) is 36.3 Å². The lowest BCUT2D eigenvalue weighted by atomic mass is 10.1. The molecular weight excluding hydrogens is 329 g/mol. The second kappa shape index (κ2) is 7.23. The molecule has 0 fully saturated rings. The van der Waals surface area contributed by atoms with Crippen molar-refractivity contribution in [2.75, 3.05) is 25.4 Å². The molecule has 0 aliphatic rings. The summed E-state index contributed by atoms with van der Waals surface area (Å²) in [7, 11) is 0. The molecule has 0 spiro atoms. The summed E-state index contributed by atoms with van der Waals surface area (Å²) in [6.45, 7) is 4.37. The van der Waals surface area contributed by atoms with Crippen LogP contribution in [0.15, 0.2) is 16.6 Å². The van der Waals surface area contributed by atoms with Gasteiger partial charge >= 0.3 is 0 Å². The molecule has 7 heteroatoms. The van der Waals surface area contributed by atoms with Gasteiger partial charge in [-0.1, -0.05) is 0 Å². The number of amides is 2. The lowest BCUT2D eigenvalue weighted by Gasteiger charge is -2.21. The average molecular weight is 346 g/mol. The van der Waals surface area contributed by atoms with Gasteiger partial charge in [-0.25, -0.2) is 4.39 Å². The molecule has 0 atom stereocenters. The second-order valence-corrected chi connectivity index (χ2v) is 4.98. The normalized spacial score (nSPS) is 10.2. The molecule has 1 aromatic carbocycles.